The fraction of sp³-hybridized carbons (Fsp3) is 0.571. The van der Waals surface area contributed by atoms with Crippen molar-refractivity contribution in [2.75, 3.05) is 26.8 Å². The molecule has 2 aromatic rings. The SMILES string of the molecule is CCN(CC)C(=O)C1CCCc2c1c1c(OC)ccc(C)c1n2CCOP. The van der Waals surface area contributed by atoms with E-state index in [0.717, 1.165) is 50.0 Å². The van der Waals surface area contributed by atoms with Gasteiger partial charge in [-0.1, -0.05) is 6.07 Å². The first-order valence-electron chi connectivity index (χ1n) is 9.87. The highest BCUT2D eigenvalue weighted by Gasteiger charge is 2.35. The van der Waals surface area contributed by atoms with Crippen molar-refractivity contribution in [3.63, 3.8) is 0 Å². The highest BCUT2D eigenvalue weighted by molar-refractivity contribution is 7.09. The third-order valence-electron chi connectivity index (χ3n) is 5.80. The highest BCUT2D eigenvalue weighted by atomic mass is 31.0. The van der Waals surface area contributed by atoms with Crippen LogP contribution in [-0.4, -0.2) is 42.2 Å². The van der Waals surface area contributed by atoms with Crippen molar-refractivity contribution in [2.24, 2.45) is 0 Å². The number of hydrogen-bond acceptors (Lipinski definition) is 3. The van der Waals surface area contributed by atoms with E-state index >= 15 is 0 Å². The summed E-state index contributed by atoms with van der Waals surface area (Å²) in [5.74, 6) is 1.01. The molecule has 0 N–H and O–H groups in total. The zero-order valence-electron chi connectivity index (χ0n) is 16.9. The van der Waals surface area contributed by atoms with Crippen LogP contribution in [0.15, 0.2) is 12.1 Å². The lowest BCUT2D eigenvalue weighted by Gasteiger charge is -2.29. The molecule has 0 fully saturated rings. The molecule has 0 saturated carbocycles. The number of benzene rings is 1. The fourth-order valence-electron chi connectivity index (χ4n) is 4.54. The second-order valence-electron chi connectivity index (χ2n) is 7.15. The fourth-order valence-corrected chi connectivity index (χ4v) is 4.64. The van der Waals surface area contributed by atoms with Crippen LogP contribution in [-0.2, 0) is 22.3 Å². The Morgan fingerprint density at radius 2 is 2.07 bits per heavy atom. The van der Waals surface area contributed by atoms with E-state index in [-0.39, 0.29) is 11.8 Å². The van der Waals surface area contributed by atoms with Crippen molar-refractivity contribution < 1.29 is 14.1 Å². The molecule has 2 atom stereocenters. The number of hydrogen-bond donors (Lipinski definition) is 0. The number of rotatable bonds is 7. The Kier molecular flexibility index (Phi) is 6.44. The van der Waals surface area contributed by atoms with Crippen molar-refractivity contribution >= 4 is 26.3 Å². The Morgan fingerprint density at radius 3 is 2.70 bits per heavy atom. The zero-order chi connectivity index (χ0) is 19.6. The first-order chi connectivity index (χ1) is 13.1. The van der Waals surface area contributed by atoms with Gasteiger partial charge in [-0.15, -0.1) is 0 Å². The topological polar surface area (TPSA) is 43.7 Å². The van der Waals surface area contributed by atoms with Crippen LogP contribution in [0.25, 0.3) is 10.9 Å². The van der Waals surface area contributed by atoms with Crippen LogP contribution >= 0.6 is 9.47 Å². The van der Waals surface area contributed by atoms with Gasteiger partial charge in [-0.2, -0.15) is 0 Å². The number of nitrogens with zero attached hydrogens (tertiary/aromatic N) is 2. The Labute approximate surface area is 164 Å². The zero-order valence-corrected chi connectivity index (χ0v) is 18.0. The van der Waals surface area contributed by atoms with Crippen LogP contribution in [0.4, 0.5) is 0 Å². The standard InChI is InChI=1S/C21H31N2O3P/c1-5-22(6-2)21(24)15-8-7-9-16-18(15)19-17(25-4)11-10-14(3)20(19)23(16)12-13-26-27/h10-11,15H,5-9,12-13,27H2,1-4H3. The Bertz CT molecular complexity index is 827. The quantitative estimate of drug-likeness (QED) is 0.670. The first-order valence-corrected chi connectivity index (χ1v) is 10.3. The molecular weight excluding hydrogens is 359 g/mol. The number of ether oxygens (including phenoxy) is 1. The molecule has 1 aromatic carbocycles. The number of aromatic nitrogens is 1. The van der Waals surface area contributed by atoms with Crippen LogP contribution in [0, 0.1) is 6.92 Å². The maximum atomic E-state index is 13.3. The lowest BCUT2D eigenvalue weighted by Crippen LogP contribution is -2.36. The summed E-state index contributed by atoms with van der Waals surface area (Å²) in [5.41, 5.74) is 4.84. The molecule has 148 valence electrons. The Balaban J connectivity index is 2.26. The van der Waals surface area contributed by atoms with E-state index in [1.54, 1.807) is 7.11 Å². The molecule has 5 nitrogen and oxygen atoms in total. The van der Waals surface area contributed by atoms with Gasteiger partial charge in [0.15, 0.2) is 0 Å². The number of aryl methyl sites for hydroxylation is 1. The minimum atomic E-state index is -0.0926. The van der Waals surface area contributed by atoms with Crippen molar-refractivity contribution in [2.45, 2.75) is 52.5 Å². The second-order valence-corrected chi connectivity index (χ2v) is 7.48. The number of fused-ring (bicyclic) bond motifs is 3. The molecule has 1 heterocycles. The summed E-state index contributed by atoms with van der Waals surface area (Å²) >= 11 is 0. The molecule has 1 aliphatic carbocycles. The van der Waals surface area contributed by atoms with Gasteiger partial charge in [-0.05, 0) is 57.2 Å². The van der Waals surface area contributed by atoms with Crippen molar-refractivity contribution in [3.05, 3.63) is 29.0 Å². The van der Waals surface area contributed by atoms with Crippen LogP contribution < -0.4 is 4.74 Å². The summed E-state index contributed by atoms with van der Waals surface area (Å²) in [6.45, 7) is 9.12. The number of carbonyl (C=O) groups excluding carboxylic acids is 1. The third-order valence-corrected chi connectivity index (χ3v) is 6.03. The average molecular weight is 390 g/mol. The minimum Gasteiger partial charge on any atom is -0.496 e. The molecule has 0 aliphatic heterocycles. The maximum Gasteiger partial charge on any atom is 0.230 e. The van der Waals surface area contributed by atoms with Crippen molar-refractivity contribution in [3.8, 4) is 5.75 Å². The van der Waals surface area contributed by atoms with Crippen LogP contribution in [0.3, 0.4) is 0 Å². The molecule has 1 aliphatic rings. The average Bonchev–Trinajstić information content (AvgIpc) is 3.03. The lowest BCUT2D eigenvalue weighted by molar-refractivity contribution is -0.132. The summed E-state index contributed by atoms with van der Waals surface area (Å²) in [6, 6.07) is 4.13. The summed E-state index contributed by atoms with van der Waals surface area (Å²) < 4.78 is 13.4. The number of methoxy groups -OCH3 is 1. The molecule has 0 saturated heterocycles. The molecule has 0 radical (unpaired) electrons. The van der Waals surface area contributed by atoms with Gasteiger partial charge in [0.1, 0.15) is 5.75 Å². The van der Waals surface area contributed by atoms with Gasteiger partial charge in [-0.25, -0.2) is 0 Å². The molecule has 2 unspecified atom stereocenters. The van der Waals surface area contributed by atoms with Gasteiger partial charge >= 0.3 is 0 Å². The van der Waals surface area contributed by atoms with Crippen LogP contribution in [0.2, 0.25) is 0 Å². The summed E-state index contributed by atoms with van der Waals surface area (Å²) in [7, 11) is 4.04. The minimum absolute atomic E-state index is 0.0926. The van der Waals surface area contributed by atoms with Crippen molar-refractivity contribution in [1.82, 2.24) is 9.47 Å². The molecule has 6 heteroatoms. The van der Waals surface area contributed by atoms with Gasteiger partial charge < -0.3 is 18.7 Å². The number of carbonyl (C=O) groups is 1. The monoisotopic (exact) mass is 390 g/mol. The van der Waals surface area contributed by atoms with E-state index < -0.39 is 0 Å². The van der Waals surface area contributed by atoms with Gasteiger partial charge in [0.2, 0.25) is 5.91 Å². The summed E-state index contributed by atoms with van der Waals surface area (Å²) in [6.07, 6.45) is 2.92. The predicted molar refractivity (Wildman–Crippen MR) is 112 cm³/mol. The molecular formula is C21H31N2O3P. The molecule has 3 rings (SSSR count). The van der Waals surface area contributed by atoms with Gasteiger partial charge in [0, 0.05) is 40.2 Å². The largest absolute Gasteiger partial charge is 0.496 e. The van der Waals surface area contributed by atoms with E-state index in [9.17, 15) is 4.79 Å². The second kappa shape index (κ2) is 8.62. The smallest absolute Gasteiger partial charge is 0.230 e. The summed E-state index contributed by atoms with van der Waals surface area (Å²) in [5, 5.41) is 1.11. The first kappa shape index (κ1) is 20.2. The van der Waals surface area contributed by atoms with Gasteiger partial charge in [0.25, 0.3) is 0 Å². The van der Waals surface area contributed by atoms with E-state index in [1.807, 2.05) is 11.0 Å². The Hall–Kier alpha value is -1.58. The maximum absolute atomic E-state index is 13.3. The summed E-state index contributed by atoms with van der Waals surface area (Å²) in [4.78, 5) is 15.3. The van der Waals surface area contributed by atoms with E-state index in [1.165, 1.54) is 22.3 Å². The van der Waals surface area contributed by atoms with E-state index in [4.69, 9.17) is 9.26 Å². The molecule has 27 heavy (non-hydrogen) atoms. The molecule has 0 spiro atoms. The van der Waals surface area contributed by atoms with E-state index in [0.29, 0.717) is 6.61 Å². The van der Waals surface area contributed by atoms with Crippen molar-refractivity contribution in [1.29, 1.82) is 0 Å². The van der Waals surface area contributed by atoms with Crippen LogP contribution in [0.5, 0.6) is 5.75 Å². The normalized spacial score (nSPS) is 16.4. The molecule has 1 aromatic heterocycles. The lowest BCUT2D eigenvalue weighted by atomic mass is 9.83. The number of likely N-dealkylation sites (N-methyl/N-ethyl adjacent to an activating group) is 1. The van der Waals surface area contributed by atoms with E-state index in [2.05, 4.69) is 40.9 Å². The molecule has 1 amide bonds. The molecule has 0 bridgehead atoms. The predicted octanol–water partition coefficient (Wildman–Crippen LogP) is 4.05. The van der Waals surface area contributed by atoms with Gasteiger partial charge in [-0.3, -0.25) is 4.79 Å². The van der Waals surface area contributed by atoms with Gasteiger partial charge in [0.05, 0.1) is 25.2 Å². The highest BCUT2D eigenvalue weighted by Crippen LogP contribution is 2.44. The van der Waals surface area contributed by atoms with Crippen LogP contribution in [0.1, 0.15) is 49.4 Å². The number of amides is 1. The third kappa shape index (κ3) is 3.48. The Morgan fingerprint density at radius 1 is 1.33 bits per heavy atom.